The van der Waals surface area contributed by atoms with Gasteiger partial charge in [0.1, 0.15) is 13.2 Å². The van der Waals surface area contributed by atoms with Crippen molar-refractivity contribution in [1.82, 2.24) is 5.32 Å². The Morgan fingerprint density at radius 1 is 0.522 bits per heavy atom. The zero-order valence-electron chi connectivity index (χ0n) is 44.9. The van der Waals surface area contributed by atoms with Crippen molar-refractivity contribution in [2.45, 2.75) is 276 Å². The van der Waals surface area contributed by atoms with Crippen LogP contribution in [-0.4, -0.2) is 68.5 Å². The lowest BCUT2D eigenvalue weighted by molar-refractivity contribution is -0.870. The molecular formula is C58H111N2O6P. The van der Waals surface area contributed by atoms with E-state index in [1.54, 1.807) is 6.08 Å². The molecule has 0 aliphatic heterocycles. The van der Waals surface area contributed by atoms with E-state index in [1.807, 2.05) is 27.2 Å². The first-order valence-electron chi connectivity index (χ1n) is 28.5. The molecule has 0 aromatic rings. The van der Waals surface area contributed by atoms with Gasteiger partial charge in [0.2, 0.25) is 5.91 Å². The number of carbonyl (C=O) groups is 1. The fraction of sp³-hybridized carbons (Fsp3) is 0.845. The number of aliphatic hydroxyl groups excluding tert-OH is 1. The van der Waals surface area contributed by atoms with Gasteiger partial charge in [-0.15, -0.1) is 0 Å². The number of quaternary nitrogens is 1. The number of amides is 1. The Bertz CT molecular complexity index is 1230. The molecule has 0 aliphatic carbocycles. The van der Waals surface area contributed by atoms with Gasteiger partial charge >= 0.3 is 0 Å². The van der Waals surface area contributed by atoms with E-state index in [4.69, 9.17) is 9.05 Å². The fourth-order valence-corrected chi connectivity index (χ4v) is 8.98. The van der Waals surface area contributed by atoms with E-state index in [9.17, 15) is 19.4 Å². The van der Waals surface area contributed by atoms with Gasteiger partial charge in [-0.05, 0) is 64.2 Å². The van der Waals surface area contributed by atoms with Gasteiger partial charge in [0, 0.05) is 6.42 Å². The molecule has 0 aromatic heterocycles. The average Bonchev–Trinajstić information content (AvgIpc) is 3.29. The standard InChI is InChI=1S/C58H111N2O6P/c1-6-8-10-12-14-16-18-20-22-24-26-27-28-29-30-31-32-33-34-36-38-40-42-44-46-48-50-52-58(62)59-56(55-66-67(63,64)65-54-53-60(3,4)5)57(61)51-49-47-45-43-41-39-37-35-25-23-21-19-17-15-13-11-9-7-2/h26-27,29-30,41,43,49,51,56-57,61H,6-25,28,31-40,42,44-48,50,52-55H2,1-5H3,(H-,59,62,63,64)/b27-26-,30-29-,43-41+,51-49+. The highest BCUT2D eigenvalue weighted by Crippen LogP contribution is 2.38. The minimum absolute atomic E-state index is 0.00727. The second kappa shape index (κ2) is 49.4. The maximum Gasteiger partial charge on any atom is 0.268 e. The lowest BCUT2D eigenvalue weighted by Crippen LogP contribution is -2.45. The van der Waals surface area contributed by atoms with Gasteiger partial charge in [0.15, 0.2) is 0 Å². The minimum Gasteiger partial charge on any atom is -0.756 e. The summed E-state index contributed by atoms with van der Waals surface area (Å²) in [7, 11) is 1.24. The Balaban J connectivity index is 4.23. The molecule has 0 rings (SSSR count). The van der Waals surface area contributed by atoms with Crippen LogP contribution in [0.4, 0.5) is 0 Å². The third kappa shape index (κ3) is 52.1. The van der Waals surface area contributed by atoms with Crippen LogP contribution in [0.25, 0.3) is 0 Å². The first kappa shape index (κ1) is 65.5. The normalized spacial score (nSPS) is 14.3. The Hall–Kier alpha value is -1.54. The summed E-state index contributed by atoms with van der Waals surface area (Å²) in [5.41, 5.74) is 0. The van der Waals surface area contributed by atoms with Crippen LogP contribution in [0.1, 0.15) is 264 Å². The molecule has 0 aliphatic rings. The molecule has 0 fully saturated rings. The first-order valence-corrected chi connectivity index (χ1v) is 30.0. The number of rotatable bonds is 52. The lowest BCUT2D eigenvalue weighted by Gasteiger charge is -2.29. The van der Waals surface area contributed by atoms with Gasteiger partial charge in [-0.1, -0.05) is 242 Å². The number of aliphatic hydroxyl groups is 1. The van der Waals surface area contributed by atoms with Crippen LogP contribution in [0.5, 0.6) is 0 Å². The molecule has 0 spiro atoms. The number of likely N-dealkylation sites (N-methyl/N-ethyl adjacent to an activating group) is 1. The summed E-state index contributed by atoms with van der Waals surface area (Å²) in [4.78, 5) is 25.5. The second-order valence-electron chi connectivity index (χ2n) is 20.6. The molecule has 67 heavy (non-hydrogen) atoms. The molecule has 2 N–H and O–H groups in total. The summed E-state index contributed by atoms with van der Waals surface area (Å²) in [5.74, 6) is -0.208. The predicted molar refractivity (Wildman–Crippen MR) is 288 cm³/mol. The molecule has 3 atom stereocenters. The Morgan fingerprint density at radius 2 is 0.881 bits per heavy atom. The molecule has 3 unspecified atom stereocenters. The molecule has 0 bridgehead atoms. The summed E-state index contributed by atoms with van der Waals surface area (Å²) >= 11 is 0. The first-order chi connectivity index (χ1) is 32.5. The summed E-state index contributed by atoms with van der Waals surface area (Å²) in [6.07, 6.45) is 64.7. The lowest BCUT2D eigenvalue weighted by atomic mass is 10.0. The number of allylic oxidation sites excluding steroid dienone is 7. The highest BCUT2D eigenvalue weighted by atomic mass is 31.2. The molecule has 0 heterocycles. The van der Waals surface area contributed by atoms with Crippen LogP contribution in [0.2, 0.25) is 0 Å². The van der Waals surface area contributed by atoms with E-state index < -0.39 is 26.6 Å². The Labute approximate surface area is 416 Å². The van der Waals surface area contributed by atoms with Crippen LogP contribution in [0, 0.1) is 0 Å². The van der Waals surface area contributed by atoms with Crippen molar-refractivity contribution in [3.63, 3.8) is 0 Å². The maximum atomic E-state index is 13.0. The van der Waals surface area contributed by atoms with E-state index in [0.29, 0.717) is 17.4 Å². The van der Waals surface area contributed by atoms with E-state index >= 15 is 0 Å². The quantitative estimate of drug-likeness (QED) is 0.0272. The average molecular weight is 964 g/mol. The highest BCUT2D eigenvalue weighted by molar-refractivity contribution is 7.45. The second-order valence-corrected chi connectivity index (χ2v) is 22.0. The summed E-state index contributed by atoms with van der Waals surface area (Å²) in [5, 5.41) is 13.9. The van der Waals surface area contributed by atoms with Gasteiger partial charge < -0.3 is 28.8 Å². The third-order valence-corrected chi connectivity index (χ3v) is 13.7. The van der Waals surface area contributed by atoms with Crippen molar-refractivity contribution in [2.24, 2.45) is 0 Å². The molecule has 1 amide bonds. The van der Waals surface area contributed by atoms with E-state index in [0.717, 1.165) is 44.9 Å². The van der Waals surface area contributed by atoms with E-state index in [-0.39, 0.29) is 12.5 Å². The molecule has 0 saturated heterocycles. The van der Waals surface area contributed by atoms with Crippen molar-refractivity contribution in [2.75, 3.05) is 40.9 Å². The van der Waals surface area contributed by atoms with Crippen LogP contribution >= 0.6 is 7.82 Å². The SMILES string of the molecule is CCCCCCCCCCC/C=C\C/C=C\CCCCCCCCCCCCCC(=O)NC(COP(=O)([O-])OCC[N+](C)(C)C)C(O)/C=C/CC/C=C/CCCCCCCCCCCCCC. The largest absolute Gasteiger partial charge is 0.756 e. The van der Waals surface area contributed by atoms with Gasteiger partial charge in [0.25, 0.3) is 7.82 Å². The molecule has 0 radical (unpaired) electrons. The zero-order chi connectivity index (χ0) is 49.2. The molecular weight excluding hydrogens is 852 g/mol. The zero-order valence-corrected chi connectivity index (χ0v) is 45.7. The van der Waals surface area contributed by atoms with Crippen LogP contribution in [-0.2, 0) is 18.4 Å². The maximum absolute atomic E-state index is 13.0. The van der Waals surface area contributed by atoms with Crippen molar-refractivity contribution >= 4 is 13.7 Å². The smallest absolute Gasteiger partial charge is 0.268 e. The number of unbranched alkanes of at least 4 members (excludes halogenated alkanes) is 33. The van der Waals surface area contributed by atoms with Gasteiger partial charge in [-0.2, -0.15) is 0 Å². The predicted octanol–water partition coefficient (Wildman–Crippen LogP) is 16.5. The van der Waals surface area contributed by atoms with Crippen molar-refractivity contribution < 1.29 is 32.9 Å². The van der Waals surface area contributed by atoms with E-state index in [2.05, 4.69) is 55.6 Å². The number of phosphoric acid groups is 1. The topological polar surface area (TPSA) is 108 Å². The number of carbonyl (C=O) groups excluding carboxylic acids is 1. The number of hydrogen-bond donors (Lipinski definition) is 2. The minimum atomic E-state index is -4.60. The summed E-state index contributed by atoms with van der Waals surface area (Å²) in [6.45, 7) is 4.65. The van der Waals surface area contributed by atoms with Gasteiger partial charge in [0.05, 0.1) is 39.9 Å². The van der Waals surface area contributed by atoms with Crippen LogP contribution in [0.15, 0.2) is 48.6 Å². The van der Waals surface area contributed by atoms with Crippen LogP contribution < -0.4 is 10.2 Å². The number of phosphoric ester groups is 1. The monoisotopic (exact) mass is 963 g/mol. The molecule has 9 heteroatoms. The van der Waals surface area contributed by atoms with Crippen molar-refractivity contribution in [1.29, 1.82) is 0 Å². The molecule has 8 nitrogen and oxygen atoms in total. The van der Waals surface area contributed by atoms with E-state index in [1.165, 1.54) is 199 Å². The van der Waals surface area contributed by atoms with Crippen LogP contribution in [0.3, 0.4) is 0 Å². The van der Waals surface area contributed by atoms with Crippen molar-refractivity contribution in [3.8, 4) is 0 Å². The summed E-state index contributed by atoms with van der Waals surface area (Å²) < 4.78 is 23.3. The third-order valence-electron chi connectivity index (χ3n) is 12.8. The number of nitrogens with zero attached hydrogens (tertiary/aromatic N) is 1. The van der Waals surface area contributed by atoms with Crippen molar-refractivity contribution in [3.05, 3.63) is 48.6 Å². The molecule has 0 aromatic carbocycles. The Morgan fingerprint density at radius 3 is 1.30 bits per heavy atom. The summed E-state index contributed by atoms with van der Waals surface area (Å²) in [6, 6.07) is -0.905. The van der Waals surface area contributed by atoms with Gasteiger partial charge in [-0.25, -0.2) is 0 Å². The molecule has 0 saturated carbocycles. The number of nitrogens with one attached hydrogen (secondary N) is 1. The Kier molecular flexibility index (Phi) is 48.3. The van der Waals surface area contributed by atoms with Gasteiger partial charge in [-0.3, -0.25) is 9.36 Å². The molecule has 394 valence electrons. The highest BCUT2D eigenvalue weighted by Gasteiger charge is 2.23. The fourth-order valence-electron chi connectivity index (χ4n) is 8.26. The number of hydrogen-bond acceptors (Lipinski definition) is 6.